The van der Waals surface area contributed by atoms with E-state index in [0.29, 0.717) is 5.13 Å². The molecule has 0 unspecified atom stereocenters. The van der Waals surface area contributed by atoms with E-state index in [0.717, 1.165) is 34.9 Å². The SMILES string of the molecule is CCCOc1cccc(-c2sc(N)nc2C)c1. The number of rotatable bonds is 4. The maximum Gasteiger partial charge on any atom is 0.180 e. The van der Waals surface area contributed by atoms with E-state index in [1.54, 1.807) is 0 Å². The minimum atomic E-state index is 0.609. The molecular formula is C13H16N2OS. The summed E-state index contributed by atoms with van der Waals surface area (Å²) in [5.74, 6) is 0.899. The van der Waals surface area contributed by atoms with Crippen molar-refractivity contribution in [2.45, 2.75) is 20.3 Å². The van der Waals surface area contributed by atoms with Gasteiger partial charge < -0.3 is 10.5 Å². The van der Waals surface area contributed by atoms with Gasteiger partial charge in [0.15, 0.2) is 5.13 Å². The van der Waals surface area contributed by atoms with Gasteiger partial charge in [-0.25, -0.2) is 4.98 Å². The van der Waals surface area contributed by atoms with Crippen LogP contribution in [0.15, 0.2) is 24.3 Å². The molecule has 0 spiro atoms. The van der Waals surface area contributed by atoms with E-state index in [4.69, 9.17) is 10.5 Å². The predicted octanol–water partition coefficient (Wildman–Crippen LogP) is 3.49. The van der Waals surface area contributed by atoms with Crippen LogP contribution in [0.3, 0.4) is 0 Å². The molecule has 2 rings (SSSR count). The molecule has 2 N–H and O–H groups in total. The second kappa shape index (κ2) is 5.19. The molecule has 0 saturated carbocycles. The molecule has 3 nitrogen and oxygen atoms in total. The third-order valence-electron chi connectivity index (χ3n) is 2.38. The van der Waals surface area contributed by atoms with Crippen LogP contribution >= 0.6 is 11.3 Å². The normalized spacial score (nSPS) is 10.5. The number of nitrogens with zero attached hydrogens (tertiary/aromatic N) is 1. The molecule has 90 valence electrons. The molecule has 1 aromatic carbocycles. The Morgan fingerprint density at radius 2 is 2.24 bits per heavy atom. The Kier molecular flexibility index (Phi) is 3.64. The van der Waals surface area contributed by atoms with Crippen molar-refractivity contribution < 1.29 is 4.74 Å². The van der Waals surface area contributed by atoms with Crippen molar-refractivity contribution >= 4 is 16.5 Å². The van der Waals surface area contributed by atoms with E-state index in [-0.39, 0.29) is 0 Å². The first-order chi connectivity index (χ1) is 8.20. The van der Waals surface area contributed by atoms with Crippen molar-refractivity contribution in [2.24, 2.45) is 0 Å². The van der Waals surface area contributed by atoms with Crippen LogP contribution < -0.4 is 10.5 Å². The second-order valence-electron chi connectivity index (χ2n) is 3.84. The predicted molar refractivity (Wildman–Crippen MR) is 72.5 cm³/mol. The maximum absolute atomic E-state index is 5.71. The fraction of sp³-hybridized carbons (Fsp3) is 0.308. The zero-order valence-corrected chi connectivity index (χ0v) is 10.9. The van der Waals surface area contributed by atoms with Gasteiger partial charge in [0.25, 0.3) is 0 Å². The summed E-state index contributed by atoms with van der Waals surface area (Å²) in [6.45, 7) is 4.81. The Balaban J connectivity index is 2.29. The smallest absolute Gasteiger partial charge is 0.180 e. The number of hydrogen-bond acceptors (Lipinski definition) is 4. The molecule has 0 aliphatic heterocycles. The maximum atomic E-state index is 5.71. The van der Waals surface area contributed by atoms with Crippen LogP contribution in [0.4, 0.5) is 5.13 Å². The molecule has 0 saturated heterocycles. The van der Waals surface area contributed by atoms with E-state index >= 15 is 0 Å². The molecule has 1 heterocycles. The summed E-state index contributed by atoms with van der Waals surface area (Å²) in [6, 6.07) is 8.06. The molecule has 0 aliphatic carbocycles. The quantitative estimate of drug-likeness (QED) is 0.901. The highest BCUT2D eigenvalue weighted by Crippen LogP contribution is 2.32. The van der Waals surface area contributed by atoms with Crippen molar-refractivity contribution in [3.8, 4) is 16.2 Å². The van der Waals surface area contributed by atoms with Gasteiger partial charge in [0.1, 0.15) is 5.75 Å². The standard InChI is InChI=1S/C13H16N2OS/c1-3-7-16-11-6-4-5-10(8-11)12-9(2)15-13(14)17-12/h4-6,8H,3,7H2,1-2H3,(H2,14,15). The van der Waals surface area contributed by atoms with Gasteiger partial charge in [-0.3, -0.25) is 0 Å². The summed E-state index contributed by atoms with van der Waals surface area (Å²) in [5.41, 5.74) is 7.80. The topological polar surface area (TPSA) is 48.1 Å². The highest BCUT2D eigenvalue weighted by Gasteiger charge is 2.08. The Hall–Kier alpha value is -1.55. The molecule has 0 amide bonds. The molecule has 0 bridgehead atoms. The molecule has 17 heavy (non-hydrogen) atoms. The van der Waals surface area contributed by atoms with Crippen LogP contribution in [0.5, 0.6) is 5.75 Å². The van der Waals surface area contributed by atoms with Crippen molar-refractivity contribution in [1.82, 2.24) is 4.98 Å². The average molecular weight is 248 g/mol. The molecule has 0 fully saturated rings. The molecule has 2 aromatic rings. The fourth-order valence-corrected chi connectivity index (χ4v) is 2.46. The Bertz CT molecular complexity index is 508. The summed E-state index contributed by atoms with van der Waals surface area (Å²) < 4.78 is 5.62. The van der Waals surface area contributed by atoms with Crippen molar-refractivity contribution in [3.63, 3.8) is 0 Å². The summed E-state index contributed by atoms with van der Waals surface area (Å²) >= 11 is 1.51. The number of nitrogens with two attached hydrogens (primary N) is 1. The van der Waals surface area contributed by atoms with E-state index in [1.807, 2.05) is 25.1 Å². The van der Waals surface area contributed by atoms with E-state index in [9.17, 15) is 0 Å². The lowest BCUT2D eigenvalue weighted by Crippen LogP contribution is -1.94. The third kappa shape index (κ3) is 2.77. The number of aryl methyl sites for hydroxylation is 1. The van der Waals surface area contributed by atoms with Crippen LogP contribution in [-0.4, -0.2) is 11.6 Å². The molecule has 0 radical (unpaired) electrons. The van der Waals surface area contributed by atoms with Crippen molar-refractivity contribution in [3.05, 3.63) is 30.0 Å². The third-order valence-corrected chi connectivity index (χ3v) is 3.42. The average Bonchev–Trinajstić information content (AvgIpc) is 2.66. The zero-order chi connectivity index (χ0) is 12.3. The van der Waals surface area contributed by atoms with Crippen molar-refractivity contribution in [1.29, 1.82) is 0 Å². The van der Waals surface area contributed by atoms with Crippen LogP contribution in [0.2, 0.25) is 0 Å². The van der Waals surface area contributed by atoms with Gasteiger partial charge in [-0.1, -0.05) is 30.4 Å². The number of hydrogen-bond donors (Lipinski definition) is 1. The number of thiazole rings is 1. The summed E-state index contributed by atoms with van der Waals surface area (Å²) in [4.78, 5) is 5.35. The number of ether oxygens (including phenoxy) is 1. The summed E-state index contributed by atoms with van der Waals surface area (Å²) in [5, 5.41) is 0.609. The van der Waals surface area contributed by atoms with Gasteiger partial charge in [0.05, 0.1) is 17.2 Å². The number of anilines is 1. The lowest BCUT2D eigenvalue weighted by Gasteiger charge is -2.06. The Labute approximate surface area is 105 Å². The fourth-order valence-electron chi connectivity index (χ4n) is 1.63. The number of aromatic nitrogens is 1. The monoisotopic (exact) mass is 248 g/mol. The van der Waals surface area contributed by atoms with Crippen LogP contribution in [0.1, 0.15) is 19.0 Å². The highest BCUT2D eigenvalue weighted by molar-refractivity contribution is 7.18. The second-order valence-corrected chi connectivity index (χ2v) is 4.87. The molecule has 0 atom stereocenters. The van der Waals surface area contributed by atoms with Gasteiger partial charge in [-0.15, -0.1) is 0 Å². The van der Waals surface area contributed by atoms with E-state index in [1.165, 1.54) is 11.3 Å². The summed E-state index contributed by atoms with van der Waals surface area (Å²) in [7, 11) is 0. The highest BCUT2D eigenvalue weighted by atomic mass is 32.1. The summed E-state index contributed by atoms with van der Waals surface area (Å²) in [6.07, 6.45) is 1.01. The van der Waals surface area contributed by atoms with Crippen molar-refractivity contribution in [2.75, 3.05) is 12.3 Å². The zero-order valence-electron chi connectivity index (χ0n) is 10.1. The molecule has 1 aromatic heterocycles. The van der Waals surface area contributed by atoms with Crippen LogP contribution in [0, 0.1) is 6.92 Å². The molecule has 4 heteroatoms. The minimum Gasteiger partial charge on any atom is -0.494 e. The van der Waals surface area contributed by atoms with Gasteiger partial charge in [0.2, 0.25) is 0 Å². The van der Waals surface area contributed by atoms with Gasteiger partial charge in [0, 0.05) is 0 Å². The van der Waals surface area contributed by atoms with Gasteiger partial charge in [-0.05, 0) is 31.0 Å². The van der Waals surface area contributed by atoms with E-state index in [2.05, 4.69) is 18.0 Å². The Morgan fingerprint density at radius 1 is 1.41 bits per heavy atom. The van der Waals surface area contributed by atoms with Crippen LogP contribution in [0.25, 0.3) is 10.4 Å². The first-order valence-electron chi connectivity index (χ1n) is 5.67. The number of nitrogen functional groups attached to an aromatic ring is 1. The lowest BCUT2D eigenvalue weighted by atomic mass is 10.1. The van der Waals surface area contributed by atoms with Crippen LogP contribution in [-0.2, 0) is 0 Å². The van der Waals surface area contributed by atoms with Gasteiger partial charge >= 0.3 is 0 Å². The molecule has 0 aliphatic rings. The Morgan fingerprint density at radius 3 is 2.88 bits per heavy atom. The molecular weight excluding hydrogens is 232 g/mol. The largest absolute Gasteiger partial charge is 0.494 e. The minimum absolute atomic E-state index is 0.609. The first kappa shape index (κ1) is 11.9. The lowest BCUT2D eigenvalue weighted by molar-refractivity contribution is 0.317. The van der Waals surface area contributed by atoms with Gasteiger partial charge in [-0.2, -0.15) is 0 Å². The number of benzene rings is 1. The van der Waals surface area contributed by atoms with E-state index < -0.39 is 0 Å². The first-order valence-corrected chi connectivity index (χ1v) is 6.48.